The zero-order valence-electron chi connectivity index (χ0n) is 20.3. The molecule has 2 aromatic rings. The monoisotopic (exact) mass is 507 g/mol. The van der Waals surface area contributed by atoms with Crippen LogP contribution in [0, 0.1) is 6.92 Å². The third-order valence-corrected chi connectivity index (χ3v) is 7.16. The van der Waals surface area contributed by atoms with Gasteiger partial charge < -0.3 is 10.2 Å². The van der Waals surface area contributed by atoms with Gasteiger partial charge in [-0.2, -0.15) is 0 Å². The zero-order chi connectivity index (χ0) is 25.3. The lowest BCUT2D eigenvalue weighted by atomic mass is 10.1. The maximum atomic E-state index is 13.2. The molecule has 34 heavy (non-hydrogen) atoms. The summed E-state index contributed by atoms with van der Waals surface area (Å²) in [6.45, 7) is 6.40. The molecular weight excluding hydrogens is 474 g/mol. The third kappa shape index (κ3) is 7.74. The Labute approximate surface area is 208 Å². The van der Waals surface area contributed by atoms with Crippen molar-refractivity contribution in [3.05, 3.63) is 64.7 Å². The van der Waals surface area contributed by atoms with Crippen LogP contribution in [0.4, 0.5) is 5.69 Å². The Hall–Kier alpha value is -2.58. The fourth-order valence-electron chi connectivity index (χ4n) is 3.61. The summed E-state index contributed by atoms with van der Waals surface area (Å²) in [5.74, 6) is -0.419. The molecule has 0 fully saturated rings. The highest BCUT2D eigenvalue weighted by Gasteiger charge is 2.26. The lowest BCUT2D eigenvalue weighted by Crippen LogP contribution is -2.47. The van der Waals surface area contributed by atoms with E-state index in [4.69, 9.17) is 11.6 Å². The first-order valence-corrected chi connectivity index (χ1v) is 13.6. The first-order valence-electron chi connectivity index (χ1n) is 11.4. The predicted octanol–water partition coefficient (Wildman–Crippen LogP) is 4.14. The molecule has 186 valence electrons. The fraction of sp³-hybridized carbons (Fsp3) is 0.440. The van der Waals surface area contributed by atoms with Crippen molar-refractivity contribution in [1.82, 2.24) is 10.2 Å². The van der Waals surface area contributed by atoms with E-state index in [1.807, 2.05) is 37.3 Å². The first kappa shape index (κ1) is 27.7. The van der Waals surface area contributed by atoms with Crippen LogP contribution in [-0.4, -0.2) is 50.5 Å². The van der Waals surface area contributed by atoms with Crippen molar-refractivity contribution in [2.75, 3.05) is 23.7 Å². The maximum absolute atomic E-state index is 13.2. The molecule has 0 bridgehead atoms. The number of rotatable bonds is 12. The normalized spacial score (nSPS) is 12.1. The van der Waals surface area contributed by atoms with Crippen molar-refractivity contribution in [2.24, 2.45) is 0 Å². The van der Waals surface area contributed by atoms with E-state index in [1.165, 1.54) is 4.31 Å². The molecule has 0 aliphatic rings. The summed E-state index contributed by atoms with van der Waals surface area (Å²) in [5.41, 5.74) is 2.07. The molecule has 0 aliphatic heterocycles. The second-order valence-corrected chi connectivity index (χ2v) is 10.6. The molecule has 0 radical (unpaired) electrons. The van der Waals surface area contributed by atoms with E-state index >= 15 is 0 Å². The van der Waals surface area contributed by atoms with E-state index in [-0.39, 0.29) is 24.8 Å². The zero-order valence-corrected chi connectivity index (χ0v) is 21.8. The molecule has 0 aromatic heterocycles. The molecule has 1 unspecified atom stereocenters. The minimum Gasteiger partial charge on any atom is -0.354 e. The van der Waals surface area contributed by atoms with Gasteiger partial charge in [0.2, 0.25) is 21.8 Å². The van der Waals surface area contributed by atoms with Gasteiger partial charge in [0.1, 0.15) is 6.04 Å². The van der Waals surface area contributed by atoms with Crippen LogP contribution < -0.4 is 9.62 Å². The number of benzene rings is 2. The van der Waals surface area contributed by atoms with Gasteiger partial charge in [0.15, 0.2) is 0 Å². The second-order valence-electron chi connectivity index (χ2n) is 8.30. The highest BCUT2D eigenvalue weighted by molar-refractivity contribution is 7.92. The minimum absolute atomic E-state index is 0.101. The van der Waals surface area contributed by atoms with Crippen molar-refractivity contribution < 1.29 is 18.0 Å². The summed E-state index contributed by atoms with van der Waals surface area (Å²) in [6, 6.07) is 13.9. The highest BCUT2D eigenvalue weighted by Crippen LogP contribution is 2.28. The van der Waals surface area contributed by atoms with Crippen molar-refractivity contribution in [1.29, 1.82) is 0 Å². The molecule has 2 amide bonds. The number of sulfonamides is 1. The Bertz CT molecular complexity index is 1080. The Morgan fingerprint density at radius 1 is 1.09 bits per heavy atom. The number of amides is 2. The number of halogens is 1. The van der Waals surface area contributed by atoms with Crippen molar-refractivity contribution in [3.63, 3.8) is 0 Å². The molecule has 1 atom stereocenters. The summed E-state index contributed by atoms with van der Waals surface area (Å²) in [6.07, 6.45) is 2.34. The quantitative estimate of drug-likeness (QED) is 0.467. The van der Waals surface area contributed by atoms with Crippen molar-refractivity contribution in [2.45, 2.75) is 52.6 Å². The van der Waals surface area contributed by atoms with Crippen LogP contribution in [0.1, 0.15) is 44.2 Å². The Kier molecular flexibility index (Phi) is 10.4. The predicted molar refractivity (Wildman–Crippen MR) is 137 cm³/mol. The average Bonchev–Trinajstić information content (AvgIpc) is 2.80. The van der Waals surface area contributed by atoms with Gasteiger partial charge in [0, 0.05) is 31.1 Å². The summed E-state index contributed by atoms with van der Waals surface area (Å²) in [5, 5.41) is 3.32. The minimum atomic E-state index is -3.58. The van der Waals surface area contributed by atoms with E-state index in [1.54, 1.807) is 36.9 Å². The van der Waals surface area contributed by atoms with Gasteiger partial charge in [-0.05, 0) is 49.9 Å². The Morgan fingerprint density at radius 3 is 2.38 bits per heavy atom. The molecule has 1 N–H and O–H groups in total. The topological polar surface area (TPSA) is 86.8 Å². The summed E-state index contributed by atoms with van der Waals surface area (Å²) >= 11 is 6.19. The molecule has 2 rings (SSSR count). The number of carbonyl (C=O) groups excluding carboxylic acids is 2. The molecule has 7 nitrogen and oxygen atoms in total. The van der Waals surface area contributed by atoms with Gasteiger partial charge in [0.25, 0.3) is 0 Å². The average molecular weight is 508 g/mol. The smallest absolute Gasteiger partial charge is 0.242 e. The summed E-state index contributed by atoms with van der Waals surface area (Å²) < 4.78 is 26.2. The Balaban J connectivity index is 2.16. The van der Waals surface area contributed by atoms with Crippen LogP contribution in [-0.2, 0) is 26.2 Å². The van der Waals surface area contributed by atoms with Crippen LogP contribution >= 0.6 is 11.6 Å². The first-order chi connectivity index (χ1) is 16.1. The number of carbonyl (C=O) groups is 2. The molecule has 2 aromatic carbocycles. The lowest BCUT2D eigenvalue weighted by Gasteiger charge is -2.29. The number of hydrogen-bond donors (Lipinski definition) is 1. The van der Waals surface area contributed by atoms with E-state index in [9.17, 15) is 18.0 Å². The van der Waals surface area contributed by atoms with Crippen LogP contribution in [0.15, 0.2) is 48.5 Å². The van der Waals surface area contributed by atoms with E-state index < -0.39 is 16.1 Å². The van der Waals surface area contributed by atoms with Gasteiger partial charge in [-0.15, -0.1) is 0 Å². The summed E-state index contributed by atoms with van der Waals surface area (Å²) in [7, 11) is -3.58. The fourth-order valence-corrected chi connectivity index (χ4v) is 4.79. The highest BCUT2D eigenvalue weighted by atomic mass is 35.5. The van der Waals surface area contributed by atoms with E-state index in [2.05, 4.69) is 5.32 Å². The van der Waals surface area contributed by atoms with E-state index in [0.717, 1.165) is 18.2 Å². The summed E-state index contributed by atoms with van der Waals surface area (Å²) in [4.78, 5) is 27.4. The molecule has 0 heterocycles. The molecule has 0 saturated carbocycles. The lowest BCUT2D eigenvalue weighted by molar-refractivity contribution is -0.140. The number of anilines is 1. The van der Waals surface area contributed by atoms with Crippen LogP contribution in [0.25, 0.3) is 0 Å². The van der Waals surface area contributed by atoms with E-state index in [0.29, 0.717) is 35.8 Å². The second kappa shape index (κ2) is 12.8. The number of nitrogens with zero attached hydrogens (tertiary/aromatic N) is 2. The van der Waals surface area contributed by atoms with Gasteiger partial charge in [-0.3, -0.25) is 13.9 Å². The Morgan fingerprint density at radius 2 is 1.76 bits per heavy atom. The largest absolute Gasteiger partial charge is 0.354 e. The molecule has 9 heteroatoms. The van der Waals surface area contributed by atoms with Crippen LogP contribution in [0.2, 0.25) is 5.02 Å². The molecule has 0 saturated heterocycles. The van der Waals surface area contributed by atoms with Gasteiger partial charge in [-0.1, -0.05) is 54.9 Å². The molecule has 0 aliphatic carbocycles. The molecular formula is C25H34ClN3O4S. The maximum Gasteiger partial charge on any atom is 0.242 e. The van der Waals surface area contributed by atoms with Crippen molar-refractivity contribution in [3.8, 4) is 0 Å². The number of nitrogens with one attached hydrogen (secondary N) is 1. The van der Waals surface area contributed by atoms with Gasteiger partial charge in [-0.25, -0.2) is 8.42 Å². The van der Waals surface area contributed by atoms with Crippen LogP contribution in [0.3, 0.4) is 0 Å². The van der Waals surface area contributed by atoms with Gasteiger partial charge >= 0.3 is 0 Å². The van der Waals surface area contributed by atoms with Crippen LogP contribution in [0.5, 0.6) is 0 Å². The number of hydrogen-bond acceptors (Lipinski definition) is 4. The van der Waals surface area contributed by atoms with Crippen molar-refractivity contribution >= 4 is 39.1 Å². The standard InChI is InChI=1S/C25H34ClN3O4S/c1-5-16-27-25(31)20(3)28(18-21-11-7-6-8-12-21)24(30)15-10-17-29(34(4,32)33)23-14-9-13-22(26)19(23)2/h6-9,11-14,20H,5,10,15-18H2,1-4H3,(H,27,31). The SMILES string of the molecule is CCCNC(=O)C(C)N(Cc1ccccc1)C(=O)CCCN(c1cccc(Cl)c1C)S(C)(=O)=O. The third-order valence-electron chi connectivity index (χ3n) is 5.57. The van der Waals surface area contributed by atoms with Gasteiger partial charge in [0.05, 0.1) is 11.9 Å². The molecule has 0 spiro atoms.